The Morgan fingerprint density at radius 1 is 1.48 bits per heavy atom. The average Bonchev–Trinajstić information content (AvgIpc) is 3.17. The first-order chi connectivity index (χ1) is 13.7. The molecule has 13 heteroatoms. The second-order valence-corrected chi connectivity index (χ2v) is 7.22. The van der Waals surface area contributed by atoms with Crippen LogP contribution in [0.4, 0.5) is 4.79 Å². The summed E-state index contributed by atoms with van der Waals surface area (Å²) in [6, 6.07) is 3.49. The largest absolute Gasteiger partial charge is 0.477 e. The maximum absolute atomic E-state index is 12.8. The number of nitrogens with one attached hydrogen (secondary N) is 1. The molecule has 4 N–H and O–H groups in total. The van der Waals surface area contributed by atoms with Gasteiger partial charge in [-0.3, -0.25) is 19.3 Å². The first-order valence-corrected chi connectivity index (χ1v) is 9.31. The second-order valence-electron chi connectivity index (χ2n) is 5.70. The van der Waals surface area contributed by atoms with Crippen molar-refractivity contribution in [3.05, 3.63) is 33.7 Å². The van der Waals surface area contributed by atoms with E-state index >= 15 is 0 Å². The van der Waals surface area contributed by atoms with Gasteiger partial charge in [-0.1, -0.05) is 6.07 Å². The Morgan fingerprint density at radius 3 is 2.62 bits per heavy atom. The van der Waals surface area contributed by atoms with Crippen LogP contribution in [0, 0.1) is 0 Å². The minimum atomic E-state index is -1.93. The molecule has 0 bridgehead atoms. The van der Waals surface area contributed by atoms with E-state index in [0.29, 0.717) is 4.90 Å². The van der Waals surface area contributed by atoms with Crippen molar-refractivity contribution in [3.8, 4) is 0 Å². The van der Waals surface area contributed by atoms with Crippen LogP contribution in [0.5, 0.6) is 0 Å². The van der Waals surface area contributed by atoms with Crippen molar-refractivity contribution < 1.29 is 38.6 Å². The summed E-state index contributed by atoms with van der Waals surface area (Å²) >= 11 is 5.53. The van der Waals surface area contributed by atoms with E-state index < -0.39 is 52.9 Å². The number of carbonyl (C=O) groups excluding carboxylic acids is 4. The highest BCUT2D eigenvalue weighted by Crippen LogP contribution is 2.38. The molecule has 0 unspecified atom stereocenters. The lowest BCUT2D eigenvalue weighted by molar-refractivity contribution is -0.192. The number of carbonyl (C=O) groups is 5. The molecule has 0 saturated carbocycles. The Labute approximate surface area is 173 Å². The van der Waals surface area contributed by atoms with E-state index in [0.717, 1.165) is 12.0 Å². The number of amides is 3. The van der Waals surface area contributed by atoms with Crippen LogP contribution in [-0.2, 0) is 35.1 Å². The zero-order chi connectivity index (χ0) is 21.8. The van der Waals surface area contributed by atoms with Crippen LogP contribution in [0.3, 0.4) is 0 Å². The van der Waals surface area contributed by atoms with Gasteiger partial charge in [-0.2, -0.15) is 0 Å². The molecule has 1 saturated heterocycles. The fourth-order valence-electron chi connectivity index (χ4n) is 2.63. The lowest BCUT2D eigenvalue weighted by Gasteiger charge is -2.52. The van der Waals surface area contributed by atoms with E-state index in [9.17, 15) is 29.1 Å². The molecular weight excluding hydrogens is 426 g/mol. The van der Waals surface area contributed by atoms with Gasteiger partial charge in [0.1, 0.15) is 17.7 Å². The van der Waals surface area contributed by atoms with Crippen LogP contribution in [0.15, 0.2) is 28.8 Å². The Hall–Kier alpha value is -2.90. The third-order valence-corrected chi connectivity index (χ3v) is 5.44. The number of nitrogens with two attached hydrogens (primary N) is 1. The number of likely N-dealkylation sites (tertiary alicyclic amines) is 1. The maximum atomic E-state index is 12.8. The lowest BCUT2D eigenvalue weighted by atomic mass is 9.98. The molecule has 156 valence electrons. The van der Waals surface area contributed by atoms with Gasteiger partial charge in [-0.05, 0) is 11.4 Å². The standard InChI is InChI=1S/C16H17N3O8S2/c1-26-16(18-10(21)5-9-3-2-4-29-9)13(24)19(14(16)28)11(12(22)23)8(6-20)7-27-15(17)25/h2-4,6,14,28H,5,7H2,1H3,(H2,17,25)(H,18,21)(H,22,23)/t14-,16+/m1/s1. The highest BCUT2D eigenvalue weighted by Gasteiger charge is 2.64. The summed E-state index contributed by atoms with van der Waals surface area (Å²) in [5.41, 5.74) is 1.58. The molecule has 29 heavy (non-hydrogen) atoms. The number of aldehydes is 1. The molecule has 3 amide bonds. The summed E-state index contributed by atoms with van der Waals surface area (Å²) in [4.78, 5) is 60.2. The van der Waals surface area contributed by atoms with Gasteiger partial charge in [0, 0.05) is 12.0 Å². The highest BCUT2D eigenvalue weighted by atomic mass is 32.1. The minimum absolute atomic E-state index is 0.0236. The molecule has 2 atom stereocenters. The monoisotopic (exact) mass is 443 g/mol. The second kappa shape index (κ2) is 9.07. The predicted molar refractivity (Wildman–Crippen MR) is 102 cm³/mol. The van der Waals surface area contributed by atoms with Crippen molar-refractivity contribution in [1.29, 1.82) is 0 Å². The quantitative estimate of drug-likeness (QED) is 0.130. The van der Waals surface area contributed by atoms with E-state index in [4.69, 9.17) is 10.5 Å². The van der Waals surface area contributed by atoms with Gasteiger partial charge in [0.05, 0.1) is 12.0 Å². The number of nitrogens with zero attached hydrogens (tertiary/aromatic N) is 1. The number of β-lactam (4-membered cyclic amide) rings is 1. The number of hydrogen-bond acceptors (Lipinski definition) is 9. The number of thiol groups is 1. The SMILES string of the molecule is CO[C@@]1(NC(=O)Cc2cccs2)C(=O)N(C(C(=O)O)=C(C=O)COC(N)=O)[C@@H]1S. The van der Waals surface area contributed by atoms with Crippen molar-refractivity contribution in [1.82, 2.24) is 10.2 Å². The Kier molecular flexibility index (Phi) is 7.00. The number of carboxylic acids is 1. The molecule has 11 nitrogen and oxygen atoms in total. The third-order valence-electron chi connectivity index (χ3n) is 3.97. The zero-order valence-corrected chi connectivity index (χ0v) is 16.7. The van der Waals surface area contributed by atoms with Crippen LogP contribution in [0.2, 0.25) is 0 Å². The molecule has 1 aromatic rings. The number of aliphatic carboxylic acids is 1. The number of primary amides is 1. The number of carboxylic acid groups (broad SMARTS) is 1. The number of hydrogen-bond donors (Lipinski definition) is 4. The smallest absolute Gasteiger partial charge is 0.404 e. The molecule has 0 aromatic carbocycles. The summed E-state index contributed by atoms with van der Waals surface area (Å²) in [6.45, 7) is -0.768. The Morgan fingerprint density at radius 2 is 2.17 bits per heavy atom. The van der Waals surface area contributed by atoms with Crippen LogP contribution in [0.25, 0.3) is 0 Å². The molecule has 2 rings (SSSR count). The molecular formula is C16H17N3O8S2. The summed E-state index contributed by atoms with van der Waals surface area (Å²) < 4.78 is 9.60. The van der Waals surface area contributed by atoms with Crippen LogP contribution < -0.4 is 11.1 Å². The zero-order valence-electron chi connectivity index (χ0n) is 15.0. The van der Waals surface area contributed by atoms with Gasteiger partial charge in [-0.15, -0.1) is 24.0 Å². The number of thiophene rings is 1. The van der Waals surface area contributed by atoms with Crippen molar-refractivity contribution in [2.24, 2.45) is 5.73 Å². The van der Waals surface area contributed by atoms with Crippen molar-refractivity contribution >= 4 is 54.1 Å². The van der Waals surface area contributed by atoms with Crippen molar-refractivity contribution in [3.63, 3.8) is 0 Å². The number of ether oxygens (including phenoxy) is 2. The van der Waals surface area contributed by atoms with Crippen molar-refractivity contribution in [2.75, 3.05) is 13.7 Å². The molecule has 2 heterocycles. The highest BCUT2D eigenvalue weighted by molar-refractivity contribution is 7.81. The summed E-state index contributed by atoms with van der Waals surface area (Å²) in [5, 5.41) is 12.4. The molecule has 0 aliphatic carbocycles. The number of rotatable bonds is 9. The van der Waals surface area contributed by atoms with E-state index in [1.54, 1.807) is 17.5 Å². The van der Waals surface area contributed by atoms with Gasteiger partial charge < -0.3 is 25.6 Å². The Bertz CT molecular complexity index is 870. The molecule has 1 aromatic heterocycles. The van der Waals surface area contributed by atoms with E-state index in [2.05, 4.69) is 22.7 Å². The average molecular weight is 443 g/mol. The van der Waals surface area contributed by atoms with Crippen LogP contribution in [-0.4, -0.2) is 65.0 Å². The fraction of sp³-hybridized carbons (Fsp3) is 0.312. The normalized spacial score (nSPS) is 21.7. The predicted octanol–water partition coefficient (Wildman–Crippen LogP) is -0.519. The van der Waals surface area contributed by atoms with Gasteiger partial charge in [0.25, 0.3) is 11.6 Å². The van der Waals surface area contributed by atoms with Gasteiger partial charge in [0.2, 0.25) is 5.91 Å². The van der Waals surface area contributed by atoms with Crippen LogP contribution >= 0.6 is 24.0 Å². The Balaban J connectivity index is 2.28. The molecule has 0 radical (unpaired) electrons. The summed E-state index contributed by atoms with van der Waals surface area (Å²) in [6.07, 6.45) is -1.15. The first-order valence-electron chi connectivity index (χ1n) is 7.92. The maximum Gasteiger partial charge on any atom is 0.404 e. The molecule has 0 spiro atoms. The van der Waals surface area contributed by atoms with Gasteiger partial charge in [0.15, 0.2) is 6.29 Å². The van der Waals surface area contributed by atoms with E-state index in [1.807, 2.05) is 0 Å². The van der Waals surface area contributed by atoms with Crippen molar-refractivity contribution in [2.45, 2.75) is 17.5 Å². The third kappa shape index (κ3) is 4.41. The minimum Gasteiger partial charge on any atom is -0.477 e. The summed E-state index contributed by atoms with van der Waals surface area (Å²) in [7, 11) is 1.14. The molecule has 1 fully saturated rings. The topological polar surface area (TPSA) is 165 Å². The van der Waals surface area contributed by atoms with Gasteiger partial charge in [-0.25, -0.2) is 9.59 Å². The van der Waals surface area contributed by atoms with E-state index in [-0.39, 0.29) is 12.7 Å². The lowest BCUT2D eigenvalue weighted by Crippen LogP contribution is -2.79. The summed E-state index contributed by atoms with van der Waals surface area (Å²) in [5.74, 6) is -3.16. The van der Waals surface area contributed by atoms with Crippen LogP contribution in [0.1, 0.15) is 4.88 Å². The molecule has 1 aliphatic rings. The number of methoxy groups -OCH3 is 1. The first kappa shape index (κ1) is 22.4. The van der Waals surface area contributed by atoms with E-state index in [1.165, 1.54) is 11.3 Å². The van der Waals surface area contributed by atoms with Gasteiger partial charge >= 0.3 is 12.1 Å². The molecule has 1 aliphatic heterocycles. The fourth-order valence-corrected chi connectivity index (χ4v) is 3.83.